The lowest BCUT2D eigenvalue weighted by Crippen LogP contribution is -2.40. The number of anilines is 1. The fourth-order valence-corrected chi connectivity index (χ4v) is 3.84. The topological polar surface area (TPSA) is 67.2 Å². The molecule has 0 aliphatic rings. The van der Waals surface area contributed by atoms with E-state index in [1.54, 1.807) is 4.90 Å². The minimum Gasteiger partial charge on any atom is -0.333 e. The first kappa shape index (κ1) is 25.0. The van der Waals surface area contributed by atoms with Crippen molar-refractivity contribution in [3.63, 3.8) is 0 Å². The Balaban J connectivity index is 2.09. The van der Waals surface area contributed by atoms with Crippen molar-refractivity contribution < 1.29 is 9.59 Å². The summed E-state index contributed by atoms with van der Waals surface area (Å²) in [5.41, 5.74) is 0.505. The van der Waals surface area contributed by atoms with Gasteiger partial charge in [0.25, 0.3) is 0 Å². The van der Waals surface area contributed by atoms with E-state index in [-0.39, 0.29) is 29.3 Å². The van der Waals surface area contributed by atoms with Crippen LogP contribution in [0, 0.1) is 0 Å². The van der Waals surface area contributed by atoms with Crippen molar-refractivity contribution in [3.8, 4) is 0 Å². The van der Waals surface area contributed by atoms with Gasteiger partial charge in [-0.2, -0.15) is 5.10 Å². The number of nitrogens with one attached hydrogen (secondary N) is 1. The minimum absolute atomic E-state index is 0.0300. The Hall–Kier alpha value is -2.28. The van der Waals surface area contributed by atoms with E-state index in [1.165, 1.54) is 11.8 Å². The summed E-state index contributed by atoms with van der Waals surface area (Å²) < 4.78 is 1.85. The van der Waals surface area contributed by atoms with Gasteiger partial charge >= 0.3 is 0 Å². The first-order valence-electron chi connectivity index (χ1n) is 10.8. The van der Waals surface area contributed by atoms with Crippen molar-refractivity contribution in [2.45, 2.75) is 70.7 Å². The smallest absolute Gasteiger partial charge is 0.245 e. The van der Waals surface area contributed by atoms with Crippen LogP contribution in [0.15, 0.2) is 41.3 Å². The molecule has 0 fully saturated rings. The second-order valence-electron chi connectivity index (χ2n) is 9.71. The number of nitrogens with zero attached hydrogens (tertiary/aromatic N) is 3. The van der Waals surface area contributed by atoms with E-state index in [0.29, 0.717) is 18.1 Å². The number of benzene rings is 1. The summed E-state index contributed by atoms with van der Waals surface area (Å²) >= 11 is 1.49. The molecule has 170 valence electrons. The molecule has 1 N–H and O–H groups in total. The number of hydrogen-bond donors (Lipinski definition) is 1. The number of hydrogen-bond acceptors (Lipinski definition) is 4. The number of rotatable bonds is 8. The molecule has 0 spiro atoms. The summed E-state index contributed by atoms with van der Waals surface area (Å²) in [6.07, 6.45) is 0.795. The van der Waals surface area contributed by atoms with Gasteiger partial charge in [-0.3, -0.25) is 9.59 Å². The molecule has 0 radical (unpaired) electrons. The van der Waals surface area contributed by atoms with Crippen LogP contribution >= 0.6 is 11.8 Å². The third-order valence-electron chi connectivity index (χ3n) is 4.67. The molecule has 2 rings (SSSR count). The van der Waals surface area contributed by atoms with Gasteiger partial charge in [0, 0.05) is 22.9 Å². The number of carbonyl (C=O) groups excluding carboxylic acids is 2. The highest BCUT2D eigenvalue weighted by molar-refractivity contribution is 8.00. The average molecular weight is 445 g/mol. The molecule has 2 aromatic rings. The second-order valence-corrected chi connectivity index (χ2v) is 10.8. The van der Waals surface area contributed by atoms with Gasteiger partial charge in [0.2, 0.25) is 11.8 Å². The van der Waals surface area contributed by atoms with Gasteiger partial charge in [-0.1, -0.05) is 45.9 Å². The third kappa shape index (κ3) is 7.42. The highest BCUT2D eigenvalue weighted by atomic mass is 32.2. The molecule has 0 saturated carbocycles. The van der Waals surface area contributed by atoms with E-state index in [0.717, 1.165) is 17.0 Å². The molecule has 1 heterocycles. The van der Waals surface area contributed by atoms with E-state index in [4.69, 9.17) is 5.10 Å². The van der Waals surface area contributed by atoms with Gasteiger partial charge in [0.05, 0.1) is 23.5 Å². The van der Waals surface area contributed by atoms with Crippen LogP contribution in [0.5, 0.6) is 0 Å². The van der Waals surface area contributed by atoms with Crippen molar-refractivity contribution in [1.82, 2.24) is 14.7 Å². The van der Waals surface area contributed by atoms with Gasteiger partial charge in [0.1, 0.15) is 5.82 Å². The predicted octanol–water partition coefficient (Wildman–Crippen LogP) is 4.91. The minimum atomic E-state index is -0.280. The first-order valence-corrected chi connectivity index (χ1v) is 11.8. The summed E-state index contributed by atoms with van der Waals surface area (Å²) in [5, 5.41) is 7.73. The fourth-order valence-electron chi connectivity index (χ4n) is 3.02. The highest BCUT2D eigenvalue weighted by Crippen LogP contribution is 2.28. The Bertz CT molecular complexity index is 879. The Morgan fingerprint density at radius 1 is 1.10 bits per heavy atom. The van der Waals surface area contributed by atoms with Crippen LogP contribution in [-0.2, 0) is 20.5 Å². The van der Waals surface area contributed by atoms with Crippen molar-refractivity contribution in [2.75, 3.05) is 24.2 Å². The SMILES string of the molecule is CCCN(CC(=O)Nc1cc(C(C)(C)C)nn1C(C)(C)C)C(=O)CSc1ccccc1. The maximum Gasteiger partial charge on any atom is 0.245 e. The molecule has 0 unspecified atom stereocenters. The monoisotopic (exact) mass is 444 g/mol. The average Bonchev–Trinajstić information content (AvgIpc) is 3.11. The van der Waals surface area contributed by atoms with Gasteiger partial charge < -0.3 is 10.2 Å². The molecule has 0 aliphatic heterocycles. The van der Waals surface area contributed by atoms with E-state index >= 15 is 0 Å². The van der Waals surface area contributed by atoms with Gasteiger partial charge in [0.15, 0.2) is 0 Å². The normalized spacial score (nSPS) is 12.0. The molecule has 0 atom stereocenters. The maximum absolute atomic E-state index is 12.9. The van der Waals surface area contributed by atoms with E-state index in [1.807, 2.05) is 48.0 Å². The number of aromatic nitrogens is 2. The maximum atomic E-state index is 12.9. The largest absolute Gasteiger partial charge is 0.333 e. The lowest BCUT2D eigenvalue weighted by molar-refractivity contribution is -0.132. The number of thioether (sulfide) groups is 1. The molecule has 31 heavy (non-hydrogen) atoms. The molecule has 1 aromatic carbocycles. The summed E-state index contributed by atoms with van der Waals surface area (Å²) in [5.74, 6) is 0.721. The zero-order valence-corrected chi connectivity index (χ0v) is 20.7. The van der Waals surface area contributed by atoms with Crippen LogP contribution in [0.4, 0.5) is 5.82 Å². The Kier molecular flexibility index (Phi) is 8.34. The van der Waals surface area contributed by atoms with Crippen LogP contribution in [-0.4, -0.2) is 45.3 Å². The van der Waals surface area contributed by atoms with Crippen molar-refractivity contribution >= 4 is 29.4 Å². The molecule has 0 saturated heterocycles. The molecule has 1 aromatic heterocycles. The zero-order chi connectivity index (χ0) is 23.2. The predicted molar refractivity (Wildman–Crippen MR) is 129 cm³/mol. The number of carbonyl (C=O) groups is 2. The van der Waals surface area contributed by atoms with Crippen LogP contribution in [0.1, 0.15) is 60.6 Å². The summed E-state index contributed by atoms with van der Waals surface area (Å²) in [6, 6.07) is 11.8. The summed E-state index contributed by atoms with van der Waals surface area (Å²) in [6.45, 7) is 15.0. The molecule has 6 nitrogen and oxygen atoms in total. The van der Waals surface area contributed by atoms with E-state index < -0.39 is 0 Å². The molecule has 2 amide bonds. The highest BCUT2D eigenvalue weighted by Gasteiger charge is 2.26. The molecule has 0 aliphatic carbocycles. The van der Waals surface area contributed by atoms with Crippen LogP contribution < -0.4 is 5.32 Å². The van der Waals surface area contributed by atoms with Crippen molar-refractivity contribution in [2.24, 2.45) is 0 Å². The van der Waals surface area contributed by atoms with Crippen molar-refractivity contribution in [3.05, 3.63) is 42.1 Å². The van der Waals surface area contributed by atoms with Crippen LogP contribution in [0.25, 0.3) is 0 Å². The Morgan fingerprint density at radius 3 is 2.29 bits per heavy atom. The lowest BCUT2D eigenvalue weighted by Gasteiger charge is -2.24. The standard InChI is InChI=1S/C24H36N4O2S/c1-8-14-27(22(30)17-31-18-12-10-9-11-13-18)16-21(29)25-20-15-19(23(2,3)4)26-28(20)24(5,6)7/h9-13,15H,8,14,16-17H2,1-7H3,(H,25,29). The molecule has 7 heteroatoms. The summed E-state index contributed by atoms with van der Waals surface area (Å²) in [4.78, 5) is 28.3. The first-order chi connectivity index (χ1) is 14.4. The van der Waals surface area contributed by atoms with Crippen LogP contribution in [0.2, 0.25) is 0 Å². The van der Waals surface area contributed by atoms with E-state index in [2.05, 4.69) is 46.9 Å². The van der Waals surface area contributed by atoms with Gasteiger partial charge in [-0.05, 0) is 39.3 Å². The summed E-state index contributed by atoms with van der Waals surface area (Å²) in [7, 11) is 0. The Morgan fingerprint density at radius 2 is 1.74 bits per heavy atom. The Labute approximate surface area is 190 Å². The van der Waals surface area contributed by atoms with Gasteiger partial charge in [-0.15, -0.1) is 11.8 Å². The quantitative estimate of drug-likeness (QED) is 0.588. The molecular formula is C24H36N4O2S. The van der Waals surface area contributed by atoms with E-state index in [9.17, 15) is 9.59 Å². The lowest BCUT2D eigenvalue weighted by atomic mass is 9.92. The van der Waals surface area contributed by atoms with Crippen LogP contribution in [0.3, 0.4) is 0 Å². The zero-order valence-electron chi connectivity index (χ0n) is 19.9. The van der Waals surface area contributed by atoms with Crippen molar-refractivity contribution in [1.29, 1.82) is 0 Å². The number of amides is 2. The third-order valence-corrected chi connectivity index (χ3v) is 5.66. The van der Waals surface area contributed by atoms with Gasteiger partial charge in [-0.25, -0.2) is 4.68 Å². The fraction of sp³-hybridized carbons (Fsp3) is 0.542. The molecular weight excluding hydrogens is 408 g/mol. The molecule has 0 bridgehead atoms. The second kappa shape index (κ2) is 10.4.